The normalized spacial score (nSPS) is 11.5. The van der Waals surface area contributed by atoms with Crippen molar-refractivity contribution in [3.05, 3.63) is 70.7 Å². The fourth-order valence-corrected chi connectivity index (χ4v) is 3.52. The van der Waals surface area contributed by atoms with Gasteiger partial charge in [-0.2, -0.15) is 0 Å². The molecule has 112 valence electrons. The van der Waals surface area contributed by atoms with Crippen molar-refractivity contribution in [3.63, 3.8) is 0 Å². The number of hydrogen-bond donors (Lipinski definition) is 1. The van der Waals surface area contributed by atoms with Crippen molar-refractivity contribution in [3.8, 4) is 0 Å². The molecule has 0 saturated carbocycles. The molecule has 0 fully saturated rings. The highest BCUT2D eigenvalue weighted by molar-refractivity contribution is 7.90. The third-order valence-corrected chi connectivity index (χ3v) is 4.87. The van der Waals surface area contributed by atoms with Crippen molar-refractivity contribution < 1.29 is 8.42 Å². The van der Waals surface area contributed by atoms with Gasteiger partial charge in [-0.05, 0) is 23.3 Å². The van der Waals surface area contributed by atoms with Crippen LogP contribution in [0.1, 0.15) is 11.1 Å². The zero-order valence-corrected chi connectivity index (χ0v) is 13.2. The summed E-state index contributed by atoms with van der Waals surface area (Å²) in [5, 5.41) is 3.82. The van der Waals surface area contributed by atoms with E-state index in [9.17, 15) is 8.42 Å². The number of hydrogen-bond acceptors (Lipinski definition) is 3. The molecule has 0 aromatic heterocycles. The highest BCUT2D eigenvalue weighted by atomic mass is 35.5. The summed E-state index contributed by atoms with van der Waals surface area (Å²) in [6.45, 7) is 1.04. The Kier molecular flexibility index (Phi) is 5.79. The van der Waals surface area contributed by atoms with E-state index in [2.05, 4.69) is 5.32 Å². The molecular weight excluding hydrogens is 306 g/mol. The van der Waals surface area contributed by atoms with Crippen molar-refractivity contribution >= 4 is 21.4 Å². The van der Waals surface area contributed by atoms with Crippen LogP contribution in [-0.2, 0) is 22.1 Å². The van der Waals surface area contributed by atoms with Crippen LogP contribution in [0.15, 0.2) is 54.6 Å². The molecule has 0 aliphatic carbocycles. The second kappa shape index (κ2) is 7.59. The Bertz CT molecular complexity index is 672. The van der Waals surface area contributed by atoms with Crippen LogP contribution in [0.4, 0.5) is 0 Å². The first-order valence-electron chi connectivity index (χ1n) is 6.75. The molecule has 2 aromatic carbocycles. The third kappa shape index (κ3) is 5.87. The van der Waals surface area contributed by atoms with E-state index in [4.69, 9.17) is 11.6 Å². The van der Waals surface area contributed by atoms with Gasteiger partial charge in [-0.25, -0.2) is 8.42 Å². The lowest BCUT2D eigenvalue weighted by atomic mass is 10.2. The van der Waals surface area contributed by atoms with E-state index in [-0.39, 0.29) is 11.5 Å². The summed E-state index contributed by atoms with van der Waals surface area (Å²) in [6, 6.07) is 16.8. The topological polar surface area (TPSA) is 46.2 Å². The van der Waals surface area contributed by atoms with Gasteiger partial charge < -0.3 is 5.32 Å². The first kappa shape index (κ1) is 16.0. The summed E-state index contributed by atoms with van der Waals surface area (Å²) in [5.41, 5.74) is 1.87. The van der Waals surface area contributed by atoms with Crippen molar-refractivity contribution in [2.45, 2.75) is 12.3 Å². The van der Waals surface area contributed by atoms with Gasteiger partial charge in [-0.1, -0.05) is 54.1 Å². The highest BCUT2D eigenvalue weighted by Gasteiger charge is 2.11. The molecule has 0 saturated heterocycles. The zero-order chi connectivity index (χ0) is 15.1. The Balaban J connectivity index is 1.77. The minimum atomic E-state index is -3.09. The van der Waals surface area contributed by atoms with Gasteiger partial charge in [0.25, 0.3) is 0 Å². The molecule has 0 atom stereocenters. The Morgan fingerprint density at radius 3 is 2.38 bits per heavy atom. The van der Waals surface area contributed by atoms with Crippen LogP contribution in [0.5, 0.6) is 0 Å². The molecule has 21 heavy (non-hydrogen) atoms. The van der Waals surface area contributed by atoms with Gasteiger partial charge in [0.05, 0.1) is 11.5 Å². The fraction of sp³-hybridized carbons (Fsp3) is 0.250. The van der Waals surface area contributed by atoms with Crippen molar-refractivity contribution in [1.29, 1.82) is 0 Å². The fourth-order valence-electron chi connectivity index (χ4n) is 2.01. The van der Waals surface area contributed by atoms with Gasteiger partial charge in [0.1, 0.15) is 0 Å². The molecule has 3 nitrogen and oxygen atoms in total. The predicted octanol–water partition coefficient (Wildman–Crippen LogP) is 3.04. The molecule has 2 rings (SSSR count). The molecule has 2 aromatic rings. The lowest BCUT2D eigenvalue weighted by Gasteiger charge is -2.07. The Morgan fingerprint density at radius 2 is 1.67 bits per heavy atom. The van der Waals surface area contributed by atoms with Gasteiger partial charge in [-0.3, -0.25) is 0 Å². The standard InChI is InChI=1S/C16H18ClNO2S/c17-16-8-4-7-15(11-16)12-18-9-10-21(19,20)13-14-5-2-1-3-6-14/h1-8,11,18H,9-10,12-13H2. The molecule has 0 bridgehead atoms. The summed E-state index contributed by atoms with van der Waals surface area (Å²) >= 11 is 5.90. The number of rotatable bonds is 7. The Labute approximate surface area is 130 Å². The van der Waals surface area contributed by atoms with E-state index in [1.165, 1.54) is 0 Å². The van der Waals surface area contributed by atoms with E-state index >= 15 is 0 Å². The number of nitrogens with one attached hydrogen (secondary N) is 1. The SMILES string of the molecule is O=S(=O)(CCNCc1cccc(Cl)c1)Cc1ccccc1. The molecule has 0 aliphatic rings. The molecule has 0 spiro atoms. The molecule has 5 heteroatoms. The average Bonchev–Trinajstić information content (AvgIpc) is 2.44. The summed E-state index contributed by atoms with van der Waals surface area (Å²) in [7, 11) is -3.09. The van der Waals surface area contributed by atoms with Gasteiger partial charge >= 0.3 is 0 Å². The smallest absolute Gasteiger partial charge is 0.155 e. The van der Waals surface area contributed by atoms with E-state index in [0.29, 0.717) is 18.1 Å². The van der Waals surface area contributed by atoms with Crippen LogP contribution in [0.2, 0.25) is 5.02 Å². The van der Waals surface area contributed by atoms with Crippen LogP contribution in [0, 0.1) is 0 Å². The average molecular weight is 324 g/mol. The van der Waals surface area contributed by atoms with E-state index in [1.54, 1.807) is 0 Å². The molecule has 1 N–H and O–H groups in total. The Hall–Kier alpha value is -1.36. The molecule has 0 heterocycles. The molecular formula is C16H18ClNO2S. The third-order valence-electron chi connectivity index (χ3n) is 3.04. The van der Waals surface area contributed by atoms with Gasteiger partial charge in [-0.15, -0.1) is 0 Å². The van der Waals surface area contributed by atoms with Crippen molar-refractivity contribution in [2.24, 2.45) is 0 Å². The van der Waals surface area contributed by atoms with E-state index < -0.39 is 9.84 Å². The quantitative estimate of drug-likeness (QED) is 0.797. The van der Waals surface area contributed by atoms with E-state index in [0.717, 1.165) is 11.1 Å². The highest BCUT2D eigenvalue weighted by Crippen LogP contribution is 2.10. The monoisotopic (exact) mass is 323 g/mol. The van der Waals surface area contributed by atoms with Crippen LogP contribution >= 0.6 is 11.6 Å². The van der Waals surface area contributed by atoms with Crippen LogP contribution < -0.4 is 5.32 Å². The minimum absolute atomic E-state index is 0.0900. The summed E-state index contributed by atoms with van der Waals surface area (Å²) in [6.07, 6.45) is 0. The van der Waals surface area contributed by atoms with Gasteiger partial charge in [0, 0.05) is 18.1 Å². The first-order valence-corrected chi connectivity index (χ1v) is 8.95. The summed E-state index contributed by atoms with van der Waals surface area (Å²) in [4.78, 5) is 0. The zero-order valence-electron chi connectivity index (χ0n) is 11.6. The number of benzene rings is 2. The first-order chi connectivity index (χ1) is 10.1. The van der Waals surface area contributed by atoms with Crippen LogP contribution in [0.3, 0.4) is 0 Å². The van der Waals surface area contributed by atoms with Gasteiger partial charge in [0.15, 0.2) is 9.84 Å². The number of halogens is 1. The maximum Gasteiger partial charge on any atom is 0.155 e. The van der Waals surface area contributed by atoms with Gasteiger partial charge in [0.2, 0.25) is 0 Å². The number of sulfone groups is 1. The maximum absolute atomic E-state index is 12.0. The van der Waals surface area contributed by atoms with Crippen molar-refractivity contribution in [2.75, 3.05) is 12.3 Å². The molecule has 0 aliphatic heterocycles. The lowest BCUT2D eigenvalue weighted by molar-refractivity contribution is 0.590. The maximum atomic E-state index is 12.0. The largest absolute Gasteiger partial charge is 0.312 e. The van der Waals surface area contributed by atoms with Crippen LogP contribution in [-0.4, -0.2) is 20.7 Å². The van der Waals surface area contributed by atoms with Crippen LogP contribution in [0.25, 0.3) is 0 Å². The van der Waals surface area contributed by atoms with E-state index in [1.807, 2.05) is 54.6 Å². The second-order valence-corrected chi connectivity index (χ2v) is 7.50. The molecule has 0 unspecified atom stereocenters. The predicted molar refractivity (Wildman–Crippen MR) is 87.1 cm³/mol. The Morgan fingerprint density at radius 1 is 0.952 bits per heavy atom. The van der Waals surface area contributed by atoms with Crippen molar-refractivity contribution in [1.82, 2.24) is 5.32 Å². The molecule has 0 amide bonds. The minimum Gasteiger partial charge on any atom is -0.312 e. The second-order valence-electron chi connectivity index (χ2n) is 4.88. The summed E-state index contributed by atoms with van der Waals surface area (Å²) in [5.74, 6) is 0.217. The lowest BCUT2D eigenvalue weighted by Crippen LogP contribution is -2.23. The summed E-state index contributed by atoms with van der Waals surface area (Å²) < 4.78 is 24.0. The molecule has 0 radical (unpaired) electrons.